The van der Waals surface area contributed by atoms with Crippen LogP contribution < -0.4 is 5.32 Å². The summed E-state index contributed by atoms with van der Waals surface area (Å²) in [5.41, 5.74) is 0.890. The topological polar surface area (TPSA) is 105 Å². The molecule has 1 amide bonds. The molecule has 0 aliphatic carbocycles. The van der Waals surface area contributed by atoms with Gasteiger partial charge in [-0.15, -0.1) is 21.5 Å². The Morgan fingerprint density at radius 3 is 2.81 bits per heavy atom. The van der Waals surface area contributed by atoms with E-state index in [0.717, 1.165) is 5.69 Å². The van der Waals surface area contributed by atoms with Crippen LogP contribution >= 0.6 is 22.9 Å². The van der Waals surface area contributed by atoms with Gasteiger partial charge in [0.1, 0.15) is 0 Å². The lowest BCUT2D eigenvalue weighted by molar-refractivity contribution is -0.137. The molecule has 21 heavy (non-hydrogen) atoms. The summed E-state index contributed by atoms with van der Waals surface area (Å²) in [5, 5.41) is 20.8. The second-order valence-corrected chi connectivity index (χ2v) is 5.33. The molecule has 0 aliphatic rings. The number of rotatable bonds is 6. The van der Waals surface area contributed by atoms with Crippen molar-refractivity contribution in [2.24, 2.45) is 0 Å². The van der Waals surface area contributed by atoms with E-state index in [9.17, 15) is 9.59 Å². The van der Waals surface area contributed by atoms with Crippen LogP contribution in [0.25, 0.3) is 0 Å². The summed E-state index contributed by atoms with van der Waals surface area (Å²) in [6.07, 6.45) is 1.16. The quantitative estimate of drug-likeness (QED) is 0.843. The Morgan fingerprint density at radius 2 is 2.14 bits per heavy atom. The number of nitrogens with zero attached hydrogens (tertiary/aromatic N) is 3. The van der Waals surface area contributed by atoms with Crippen LogP contribution in [0, 0.1) is 0 Å². The fraction of sp³-hybridized carbons (Fsp3) is 0.250. The number of aryl methyl sites for hydroxylation is 1. The molecule has 0 spiro atoms. The van der Waals surface area contributed by atoms with Crippen LogP contribution in [0.2, 0.25) is 5.15 Å². The Labute approximate surface area is 129 Å². The number of anilines is 1. The van der Waals surface area contributed by atoms with E-state index in [4.69, 9.17) is 16.7 Å². The molecule has 0 fully saturated rings. The van der Waals surface area contributed by atoms with Gasteiger partial charge in [-0.25, -0.2) is 4.98 Å². The summed E-state index contributed by atoms with van der Waals surface area (Å²) >= 11 is 6.86. The van der Waals surface area contributed by atoms with Crippen LogP contribution in [-0.4, -0.2) is 32.2 Å². The zero-order valence-electron chi connectivity index (χ0n) is 10.7. The lowest BCUT2D eigenvalue weighted by atomic mass is 10.2. The van der Waals surface area contributed by atoms with Crippen molar-refractivity contribution in [2.45, 2.75) is 19.3 Å². The number of carbonyl (C=O) groups is 2. The minimum atomic E-state index is -0.833. The van der Waals surface area contributed by atoms with Gasteiger partial charge in [-0.3, -0.25) is 14.9 Å². The van der Waals surface area contributed by atoms with E-state index >= 15 is 0 Å². The van der Waals surface area contributed by atoms with Gasteiger partial charge in [-0.05, 0) is 25.0 Å². The molecule has 2 heterocycles. The molecule has 0 saturated carbocycles. The van der Waals surface area contributed by atoms with Crippen LogP contribution in [0.4, 0.5) is 5.13 Å². The summed E-state index contributed by atoms with van der Waals surface area (Å²) in [5.74, 6) is -1.26. The summed E-state index contributed by atoms with van der Waals surface area (Å²) < 4.78 is 0. The van der Waals surface area contributed by atoms with Crippen LogP contribution in [-0.2, 0) is 11.2 Å². The van der Waals surface area contributed by atoms with Gasteiger partial charge >= 0.3 is 5.97 Å². The standard InChI is InChI=1S/C12H11ClN4O3S/c13-9-5-4-8(16-17-9)11(20)15-12-14-7(6-21-12)2-1-3-10(18)19/h4-6H,1-3H2,(H,18,19)(H,14,15,20). The number of aromatic nitrogens is 3. The molecule has 0 unspecified atom stereocenters. The van der Waals surface area contributed by atoms with E-state index in [1.807, 2.05) is 0 Å². The molecule has 0 bridgehead atoms. The number of carbonyl (C=O) groups excluding carboxylic acids is 1. The second kappa shape index (κ2) is 7.09. The van der Waals surface area contributed by atoms with Gasteiger partial charge in [0.15, 0.2) is 16.0 Å². The molecule has 110 valence electrons. The van der Waals surface area contributed by atoms with E-state index in [1.54, 1.807) is 5.38 Å². The number of carboxylic acid groups (broad SMARTS) is 1. The Hall–Kier alpha value is -2.06. The Bertz CT molecular complexity index is 644. The van der Waals surface area contributed by atoms with Crippen molar-refractivity contribution in [3.63, 3.8) is 0 Å². The third-order valence-electron chi connectivity index (χ3n) is 2.46. The van der Waals surface area contributed by atoms with E-state index in [0.29, 0.717) is 18.0 Å². The van der Waals surface area contributed by atoms with E-state index < -0.39 is 11.9 Å². The van der Waals surface area contributed by atoms with E-state index in [1.165, 1.54) is 23.5 Å². The SMILES string of the molecule is O=C(O)CCCc1csc(NC(=O)c2ccc(Cl)nn2)n1. The molecule has 0 radical (unpaired) electrons. The van der Waals surface area contributed by atoms with Crippen molar-refractivity contribution in [2.75, 3.05) is 5.32 Å². The zero-order valence-corrected chi connectivity index (χ0v) is 12.3. The Kier molecular flexibility index (Phi) is 5.18. The summed E-state index contributed by atoms with van der Waals surface area (Å²) in [4.78, 5) is 26.5. The highest BCUT2D eigenvalue weighted by Gasteiger charge is 2.11. The van der Waals surface area contributed by atoms with E-state index in [-0.39, 0.29) is 17.3 Å². The maximum absolute atomic E-state index is 11.9. The van der Waals surface area contributed by atoms with Crippen molar-refractivity contribution >= 4 is 39.9 Å². The number of carboxylic acids is 1. The number of amides is 1. The average molecular weight is 327 g/mol. The lowest BCUT2D eigenvalue weighted by Crippen LogP contribution is -2.14. The molecule has 0 aromatic carbocycles. The summed E-state index contributed by atoms with van der Waals surface area (Å²) in [6.45, 7) is 0. The monoisotopic (exact) mass is 326 g/mol. The van der Waals surface area contributed by atoms with Crippen molar-refractivity contribution in [1.29, 1.82) is 0 Å². The Morgan fingerprint density at radius 1 is 1.33 bits per heavy atom. The molecular formula is C12H11ClN4O3S. The van der Waals surface area contributed by atoms with Crippen LogP contribution in [0.5, 0.6) is 0 Å². The van der Waals surface area contributed by atoms with Crippen LogP contribution in [0.15, 0.2) is 17.5 Å². The first-order valence-electron chi connectivity index (χ1n) is 6.01. The number of halogens is 1. The number of hydrogen-bond acceptors (Lipinski definition) is 6. The molecule has 2 N–H and O–H groups in total. The molecule has 0 saturated heterocycles. The maximum atomic E-state index is 11.9. The first-order valence-corrected chi connectivity index (χ1v) is 7.27. The van der Waals surface area contributed by atoms with Crippen molar-refractivity contribution < 1.29 is 14.7 Å². The predicted octanol–water partition coefficient (Wildman–Crippen LogP) is 2.25. The normalized spacial score (nSPS) is 10.3. The molecule has 0 aliphatic heterocycles. The Balaban J connectivity index is 1.91. The molecule has 2 rings (SSSR count). The molecule has 7 nitrogen and oxygen atoms in total. The number of nitrogens with one attached hydrogen (secondary N) is 1. The summed E-state index contributed by atoms with van der Waals surface area (Å²) in [7, 11) is 0. The number of hydrogen-bond donors (Lipinski definition) is 2. The number of aliphatic carboxylic acids is 1. The van der Waals surface area contributed by atoms with Crippen molar-refractivity contribution in [3.8, 4) is 0 Å². The minimum absolute atomic E-state index is 0.0968. The molecule has 2 aromatic rings. The fourth-order valence-corrected chi connectivity index (χ4v) is 2.34. The van der Waals surface area contributed by atoms with Gasteiger partial charge in [-0.1, -0.05) is 11.6 Å². The van der Waals surface area contributed by atoms with E-state index in [2.05, 4.69) is 20.5 Å². The largest absolute Gasteiger partial charge is 0.481 e. The van der Waals surface area contributed by atoms with Crippen LogP contribution in [0.3, 0.4) is 0 Å². The van der Waals surface area contributed by atoms with Crippen molar-refractivity contribution in [3.05, 3.63) is 34.1 Å². The molecular weight excluding hydrogens is 316 g/mol. The van der Waals surface area contributed by atoms with Crippen LogP contribution in [0.1, 0.15) is 29.0 Å². The molecule has 9 heteroatoms. The van der Waals surface area contributed by atoms with Gasteiger partial charge < -0.3 is 5.11 Å². The van der Waals surface area contributed by atoms with Gasteiger partial charge in [0.2, 0.25) is 0 Å². The van der Waals surface area contributed by atoms with Gasteiger partial charge in [0.25, 0.3) is 5.91 Å². The fourth-order valence-electron chi connectivity index (χ4n) is 1.50. The molecule has 2 aromatic heterocycles. The van der Waals surface area contributed by atoms with Gasteiger partial charge in [0, 0.05) is 11.8 Å². The van der Waals surface area contributed by atoms with Gasteiger partial charge in [0.05, 0.1) is 5.69 Å². The third kappa shape index (κ3) is 4.76. The zero-order chi connectivity index (χ0) is 15.2. The third-order valence-corrected chi connectivity index (χ3v) is 3.47. The maximum Gasteiger partial charge on any atom is 0.303 e. The van der Waals surface area contributed by atoms with Gasteiger partial charge in [-0.2, -0.15) is 0 Å². The molecule has 0 atom stereocenters. The first-order chi connectivity index (χ1) is 10.0. The lowest BCUT2D eigenvalue weighted by Gasteiger charge is -1.99. The highest BCUT2D eigenvalue weighted by Crippen LogP contribution is 2.17. The predicted molar refractivity (Wildman–Crippen MR) is 77.7 cm³/mol. The minimum Gasteiger partial charge on any atom is -0.481 e. The highest BCUT2D eigenvalue weighted by atomic mass is 35.5. The second-order valence-electron chi connectivity index (χ2n) is 4.09. The number of thiazole rings is 1. The average Bonchev–Trinajstić information content (AvgIpc) is 2.86. The summed E-state index contributed by atoms with van der Waals surface area (Å²) in [6, 6.07) is 2.94. The highest BCUT2D eigenvalue weighted by molar-refractivity contribution is 7.13. The van der Waals surface area contributed by atoms with Crippen molar-refractivity contribution in [1.82, 2.24) is 15.2 Å². The first kappa shape index (κ1) is 15.3. The smallest absolute Gasteiger partial charge is 0.303 e.